The summed E-state index contributed by atoms with van der Waals surface area (Å²) in [7, 11) is 0. The maximum absolute atomic E-state index is 6.57. The highest BCUT2D eigenvalue weighted by molar-refractivity contribution is 5.14. The van der Waals surface area contributed by atoms with Gasteiger partial charge in [-0.3, -0.25) is 4.84 Å². The molecule has 0 unspecified atom stereocenters. The number of nitrogens with zero attached hydrogens (tertiary/aromatic N) is 1. The molecule has 1 heterocycles. The summed E-state index contributed by atoms with van der Waals surface area (Å²) < 4.78 is 13.1. The molecule has 0 amide bonds. The molecular formula is C27H47NO3. The van der Waals surface area contributed by atoms with Gasteiger partial charge in [-0.2, -0.15) is 5.06 Å². The lowest BCUT2D eigenvalue weighted by Gasteiger charge is -2.59. The first kappa shape index (κ1) is 26.3. The van der Waals surface area contributed by atoms with E-state index in [1.54, 1.807) is 0 Å². The number of rotatable bonds is 14. The van der Waals surface area contributed by atoms with Crippen LogP contribution in [0.4, 0.5) is 0 Å². The largest absolute Gasteiger partial charge is 0.350 e. The average Bonchev–Trinajstić information content (AvgIpc) is 2.76. The van der Waals surface area contributed by atoms with Crippen LogP contribution in [0.25, 0.3) is 0 Å². The second-order valence-electron chi connectivity index (χ2n) is 9.78. The molecule has 31 heavy (non-hydrogen) atoms. The number of piperidine rings is 1. The Balaban J connectivity index is 2.21. The number of hydrogen-bond acceptors (Lipinski definition) is 4. The normalized spacial score (nSPS) is 20.1. The highest BCUT2D eigenvalue weighted by Gasteiger charge is 2.57. The zero-order valence-corrected chi connectivity index (χ0v) is 21.0. The third-order valence-corrected chi connectivity index (χ3v) is 6.78. The van der Waals surface area contributed by atoms with E-state index in [1.807, 2.05) is 0 Å². The molecular weight excluding hydrogens is 386 g/mol. The van der Waals surface area contributed by atoms with E-state index in [9.17, 15) is 0 Å². The number of hydroxylamine groups is 2. The topological polar surface area (TPSA) is 30.9 Å². The molecule has 0 saturated carbocycles. The van der Waals surface area contributed by atoms with Gasteiger partial charge in [0.1, 0.15) is 0 Å². The lowest BCUT2D eigenvalue weighted by atomic mass is 9.73. The lowest BCUT2D eigenvalue weighted by molar-refractivity contribution is -0.364. The molecule has 4 heteroatoms. The summed E-state index contributed by atoms with van der Waals surface area (Å²) in [5.41, 5.74) is 1.03. The van der Waals surface area contributed by atoms with Crippen molar-refractivity contribution in [3.05, 3.63) is 35.9 Å². The van der Waals surface area contributed by atoms with Gasteiger partial charge >= 0.3 is 0 Å². The van der Waals surface area contributed by atoms with Crippen molar-refractivity contribution in [2.24, 2.45) is 0 Å². The van der Waals surface area contributed by atoms with E-state index in [4.69, 9.17) is 14.3 Å². The van der Waals surface area contributed by atoms with E-state index in [-0.39, 0.29) is 11.1 Å². The molecule has 1 aliphatic rings. The predicted octanol–water partition coefficient (Wildman–Crippen LogP) is 6.92. The van der Waals surface area contributed by atoms with E-state index in [1.165, 1.54) is 5.56 Å². The van der Waals surface area contributed by atoms with Gasteiger partial charge in [-0.05, 0) is 51.5 Å². The fraction of sp³-hybridized carbons (Fsp3) is 0.778. The first-order valence-electron chi connectivity index (χ1n) is 12.6. The molecule has 0 radical (unpaired) electrons. The van der Waals surface area contributed by atoms with E-state index >= 15 is 0 Å². The number of benzene rings is 1. The van der Waals surface area contributed by atoms with Crippen molar-refractivity contribution < 1.29 is 14.3 Å². The van der Waals surface area contributed by atoms with Gasteiger partial charge < -0.3 is 9.47 Å². The molecule has 0 bridgehead atoms. The van der Waals surface area contributed by atoms with Crippen LogP contribution >= 0.6 is 0 Å². The first-order chi connectivity index (χ1) is 14.9. The van der Waals surface area contributed by atoms with Crippen LogP contribution in [-0.4, -0.2) is 41.7 Å². The fourth-order valence-corrected chi connectivity index (χ4v) is 5.06. The molecule has 1 aliphatic heterocycles. The molecule has 0 atom stereocenters. The lowest BCUT2D eigenvalue weighted by Crippen LogP contribution is -2.68. The van der Waals surface area contributed by atoms with Crippen molar-refractivity contribution in [1.29, 1.82) is 0 Å². The van der Waals surface area contributed by atoms with Gasteiger partial charge in [0.25, 0.3) is 0 Å². The van der Waals surface area contributed by atoms with Crippen molar-refractivity contribution in [1.82, 2.24) is 5.06 Å². The van der Waals surface area contributed by atoms with Crippen molar-refractivity contribution in [2.45, 2.75) is 116 Å². The van der Waals surface area contributed by atoms with Gasteiger partial charge in [0, 0.05) is 18.4 Å². The second-order valence-corrected chi connectivity index (χ2v) is 9.78. The number of hydrogen-bond donors (Lipinski definition) is 0. The zero-order valence-electron chi connectivity index (χ0n) is 21.0. The van der Waals surface area contributed by atoms with Gasteiger partial charge in [0.2, 0.25) is 0 Å². The summed E-state index contributed by atoms with van der Waals surface area (Å²) in [6.45, 7) is 15.8. The van der Waals surface area contributed by atoms with E-state index in [0.29, 0.717) is 6.61 Å². The van der Waals surface area contributed by atoms with E-state index in [2.05, 4.69) is 76.9 Å². The highest BCUT2D eigenvalue weighted by Crippen LogP contribution is 2.49. The Morgan fingerprint density at radius 2 is 1.39 bits per heavy atom. The molecule has 1 aromatic carbocycles. The monoisotopic (exact) mass is 433 g/mol. The number of unbranched alkanes of at least 4 members (excludes halogenated alkanes) is 2. The summed E-state index contributed by atoms with van der Waals surface area (Å²) in [6.07, 6.45) is 9.02. The van der Waals surface area contributed by atoms with Crippen molar-refractivity contribution in [2.75, 3.05) is 19.8 Å². The Hall–Kier alpha value is -0.940. The minimum Gasteiger partial charge on any atom is -0.350 e. The molecule has 0 N–H and O–H groups in total. The van der Waals surface area contributed by atoms with Gasteiger partial charge in [0.15, 0.2) is 5.79 Å². The molecule has 0 aliphatic carbocycles. The maximum Gasteiger partial charge on any atom is 0.171 e. The molecule has 1 aromatic rings. The van der Waals surface area contributed by atoms with Gasteiger partial charge in [-0.25, -0.2) is 0 Å². The Labute approximate surface area is 191 Å². The summed E-state index contributed by atoms with van der Waals surface area (Å²) in [6, 6.07) is 10.6. The smallest absolute Gasteiger partial charge is 0.171 e. The van der Waals surface area contributed by atoms with Crippen LogP contribution in [0.15, 0.2) is 30.3 Å². The van der Waals surface area contributed by atoms with Crippen LogP contribution in [0.3, 0.4) is 0 Å². The fourth-order valence-electron chi connectivity index (χ4n) is 5.06. The SMILES string of the molecule is CCCCOC1(OCCCC)CC(C)(C)N(OCCc2ccccc2)C(CC)(CC)C1. The van der Waals surface area contributed by atoms with Crippen LogP contribution in [-0.2, 0) is 20.7 Å². The average molecular weight is 434 g/mol. The zero-order chi connectivity index (χ0) is 22.8. The van der Waals surface area contributed by atoms with Crippen LogP contribution < -0.4 is 0 Å². The third kappa shape index (κ3) is 7.02. The molecule has 2 rings (SSSR count). The summed E-state index contributed by atoms with van der Waals surface area (Å²) in [4.78, 5) is 6.57. The molecule has 0 aromatic heterocycles. The summed E-state index contributed by atoms with van der Waals surface area (Å²) in [5.74, 6) is -0.529. The summed E-state index contributed by atoms with van der Waals surface area (Å²) >= 11 is 0. The van der Waals surface area contributed by atoms with Crippen molar-refractivity contribution in [3.63, 3.8) is 0 Å². The first-order valence-corrected chi connectivity index (χ1v) is 12.6. The van der Waals surface area contributed by atoms with Crippen molar-refractivity contribution >= 4 is 0 Å². The minimum atomic E-state index is -0.529. The van der Waals surface area contributed by atoms with Crippen LogP contribution in [0, 0.1) is 0 Å². The summed E-state index contributed by atoms with van der Waals surface area (Å²) in [5, 5.41) is 2.31. The van der Waals surface area contributed by atoms with Gasteiger partial charge in [0.05, 0.1) is 25.4 Å². The molecule has 1 fully saturated rings. The van der Waals surface area contributed by atoms with Crippen LogP contribution in [0.2, 0.25) is 0 Å². The second kappa shape index (κ2) is 12.3. The van der Waals surface area contributed by atoms with Gasteiger partial charge in [-0.15, -0.1) is 0 Å². The van der Waals surface area contributed by atoms with E-state index in [0.717, 1.165) is 71.0 Å². The molecule has 1 saturated heterocycles. The van der Waals surface area contributed by atoms with Crippen molar-refractivity contribution in [3.8, 4) is 0 Å². The van der Waals surface area contributed by atoms with Crippen LogP contribution in [0.5, 0.6) is 0 Å². The quantitative estimate of drug-likeness (QED) is 0.235. The van der Waals surface area contributed by atoms with Gasteiger partial charge in [-0.1, -0.05) is 70.9 Å². The van der Waals surface area contributed by atoms with E-state index < -0.39 is 5.79 Å². The Morgan fingerprint density at radius 1 is 0.806 bits per heavy atom. The van der Waals surface area contributed by atoms with Crippen LogP contribution in [0.1, 0.15) is 98.5 Å². The minimum absolute atomic E-state index is 0.100. The highest BCUT2D eigenvalue weighted by atomic mass is 16.7. The Morgan fingerprint density at radius 3 is 1.90 bits per heavy atom. The molecule has 0 spiro atoms. The Kier molecular flexibility index (Phi) is 10.5. The Bertz CT molecular complexity index is 602. The third-order valence-electron chi connectivity index (χ3n) is 6.78. The molecule has 178 valence electrons. The standard InChI is InChI=1S/C27H47NO3/c1-7-11-19-29-27(30-20-12-8-2)22-25(5,6)28(26(9-3,10-4)23-27)31-21-18-24-16-14-13-15-17-24/h13-17H,7-12,18-23H2,1-6H3. The molecule has 4 nitrogen and oxygen atoms in total. The number of ether oxygens (including phenoxy) is 2. The maximum atomic E-state index is 6.57. The predicted molar refractivity (Wildman–Crippen MR) is 129 cm³/mol.